The summed E-state index contributed by atoms with van der Waals surface area (Å²) in [6.07, 6.45) is 1.26. The molecule has 0 radical (unpaired) electrons. The lowest BCUT2D eigenvalue weighted by molar-refractivity contribution is 0.473. The fourth-order valence-electron chi connectivity index (χ4n) is 1.36. The van der Waals surface area contributed by atoms with E-state index in [0.717, 1.165) is 0 Å². The molecule has 2 nitrogen and oxygen atoms in total. The highest BCUT2D eigenvalue weighted by atomic mass is 35.5. The molecular weight excluding hydrogens is 304 g/mol. The van der Waals surface area contributed by atoms with Crippen molar-refractivity contribution >= 4 is 46.4 Å². The molecule has 0 atom stereocenters. The minimum absolute atomic E-state index is 0.0342. The molecule has 1 aromatic heterocycles. The van der Waals surface area contributed by atoms with Gasteiger partial charge in [-0.05, 0) is 12.1 Å². The lowest BCUT2D eigenvalue weighted by Crippen LogP contribution is -1.88. The Bertz CT molecular complexity index is 586. The van der Waals surface area contributed by atoms with Gasteiger partial charge in [-0.3, -0.25) is 4.98 Å². The molecule has 0 amide bonds. The zero-order valence-corrected chi connectivity index (χ0v) is 11.2. The van der Waals surface area contributed by atoms with Crippen LogP contribution < -0.4 is 0 Å². The highest BCUT2D eigenvalue weighted by Crippen LogP contribution is 2.41. The first-order valence-electron chi connectivity index (χ1n) is 4.49. The van der Waals surface area contributed by atoms with Crippen molar-refractivity contribution in [3.05, 3.63) is 44.5 Å². The molecule has 1 aromatic carbocycles. The first kappa shape index (κ1) is 12.8. The summed E-state index contributed by atoms with van der Waals surface area (Å²) in [4.78, 5) is 4.00. The number of benzene rings is 1. The van der Waals surface area contributed by atoms with Gasteiger partial charge in [0.15, 0.2) is 0 Å². The van der Waals surface area contributed by atoms with Crippen molar-refractivity contribution in [3.63, 3.8) is 0 Å². The summed E-state index contributed by atoms with van der Waals surface area (Å²) in [5.74, 6) is -0.0342. The van der Waals surface area contributed by atoms with Crippen molar-refractivity contribution < 1.29 is 5.11 Å². The van der Waals surface area contributed by atoms with Crippen LogP contribution in [0.1, 0.15) is 0 Å². The van der Waals surface area contributed by atoms with Gasteiger partial charge in [0.1, 0.15) is 5.75 Å². The van der Waals surface area contributed by atoms with Crippen LogP contribution >= 0.6 is 46.4 Å². The second kappa shape index (κ2) is 4.91. The molecule has 0 aliphatic rings. The third kappa shape index (κ3) is 2.45. The molecule has 0 unspecified atom stereocenters. The summed E-state index contributed by atoms with van der Waals surface area (Å²) in [5.41, 5.74) is 0.827. The second-order valence-electron chi connectivity index (χ2n) is 3.24. The Hall–Kier alpha value is -0.670. The molecule has 1 N–H and O–H groups in total. The number of aromatic nitrogens is 1. The van der Waals surface area contributed by atoms with E-state index in [1.807, 2.05) is 0 Å². The second-order valence-corrected chi connectivity index (χ2v) is 4.84. The average Bonchev–Trinajstić information content (AvgIpc) is 2.27. The van der Waals surface area contributed by atoms with Crippen LogP contribution in [-0.4, -0.2) is 10.1 Å². The Morgan fingerprint density at radius 2 is 1.59 bits per heavy atom. The molecule has 88 valence electrons. The zero-order valence-electron chi connectivity index (χ0n) is 8.22. The van der Waals surface area contributed by atoms with E-state index in [2.05, 4.69) is 4.98 Å². The van der Waals surface area contributed by atoms with E-state index in [1.54, 1.807) is 12.1 Å². The van der Waals surface area contributed by atoms with Crippen LogP contribution in [0.5, 0.6) is 5.75 Å². The lowest BCUT2D eigenvalue weighted by Gasteiger charge is -2.09. The van der Waals surface area contributed by atoms with Crippen LogP contribution in [-0.2, 0) is 0 Å². The smallest absolute Gasteiger partial charge is 0.135 e. The Kier molecular flexibility index (Phi) is 3.69. The molecule has 0 saturated carbocycles. The zero-order chi connectivity index (χ0) is 12.6. The first-order chi connectivity index (χ1) is 8.00. The molecule has 0 fully saturated rings. The van der Waals surface area contributed by atoms with E-state index in [-0.39, 0.29) is 15.8 Å². The van der Waals surface area contributed by atoms with Crippen LogP contribution in [0, 0.1) is 0 Å². The van der Waals surface area contributed by atoms with Gasteiger partial charge < -0.3 is 5.11 Å². The standard InChI is InChI=1S/C11H5Cl4NO/c12-6-1-2-7(13)10(15)9(6)11-8(14)3-5(17)4-16-11/h1-4,17H. The van der Waals surface area contributed by atoms with Gasteiger partial charge in [0.05, 0.1) is 32.0 Å². The van der Waals surface area contributed by atoms with Crippen molar-refractivity contribution in [2.45, 2.75) is 0 Å². The predicted molar refractivity (Wildman–Crippen MR) is 71.4 cm³/mol. The van der Waals surface area contributed by atoms with E-state index in [0.29, 0.717) is 21.3 Å². The van der Waals surface area contributed by atoms with E-state index in [1.165, 1.54) is 12.3 Å². The van der Waals surface area contributed by atoms with Gasteiger partial charge in [-0.2, -0.15) is 0 Å². The third-order valence-electron chi connectivity index (χ3n) is 2.11. The number of hydrogen-bond acceptors (Lipinski definition) is 2. The molecule has 1 heterocycles. The molecule has 0 aliphatic heterocycles. The third-order valence-corrected chi connectivity index (χ3v) is 3.51. The molecule has 0 aliphatic carbocycles. The topological polar surface area (TPSA) is 33.1 Å². The van der Waals surface area contributed by atoms with E-state index >= 15 is 0 Å². The Morgan fingerprint density at radius 1 is 0.941 bits per heavy atom. The Balaban J connectivity index is 2.72. The van der Waals surface area contributed by atoms with Gasteiger partial charge in [-0.1, -0.05) is 46.4 Å². The minimum Gasteiger partial charge on any atom is -0.506 e. The fraction of sp³-hybridized carbons (Fsp3) is 0. The Morgan fingerprint density at radius 3 is 2.24 bits per heavy atom. The molecule has 0 saturated heterocycles. The van der Waals surface area contributed by atoms with Crippen LogP contribution in [0.15, 0.2) is 24.4 Å². The van der Waals surface area contributed by atoms with Crippen molar-refractivity contribution in [1.82, 2.24) is 4.98 Å². The number of pyridine rings is 1. The molecular formula is C11H5Cl4NO. The predicted octanol–water partition coefficient (Wildman–Crippen LogP) is 5.07. The maximum Gasteiger partial charge on any atom is 0.135 e. The van der Waals surface area contributed by atoms with Crippen molar-refractivity contribution in [2.24, 2.45) is 0 Å². The summed E-state index contributed by atoms with van der Waals surface area (Å²) in [6, 6.07) is 4.55. The van der Waals surface area contributed by atoms with Crippen LogP contribution in [0.25, 0.3) is 11.3 Å². The van der Waals surface area contributed by atoms with E-state index < -0.39 is 0 Å². The summed E-state index contributed by atoms with van der Waals surface area (Å²) >= 11 is 24.0. The number of halogens is 4. The molecule has 0 bridgehead atoms. The van der Waals surface area contributed by atoms with Gasteiger partial charge in [0, 0.05) is 11.6 Å². The van der Waals surface area contributed by atoms with Crippen molar-refractivity contribution in [3.8, 4) is 17.0 Å². The first-order valence-corrected chi connectivity index (χ1v) is 6.00. The van der Waals surface area contributed by atoms with Crippen LogP contribution in [0.3, 0.4) is 0 Å². The van der Waals surface area contributed by atoms with E-state index in [9.17, 15) is 5.11 Å². The molecule has 6 heteroatoms. The maximum atomic E-state index is 9.24. The minimum atomic E-state index is -0.0342. The number of aromatic hydroxyl groups is 1. The van der Waals surface area contributed by atoms with Crippen LogP contribution in [0.2, 0.25) is 20.1 Å². The molecule has 17 heavy (non-hydrogen) atoms. The maximum absolute atomic E-state index is 9.24. The molecule has 2 aromatic rings. The van der Waals surface area contributed by atoms with Crippen LogP contribution in [0.4, 0.5) is 0 Å². The number of rotatable bonds is 1. The number of nitrogens with zero attached hydrogens (tertiary/aromatic N) is 1. The van der Waals surface area contributed by atoms with Gasteiger partial charge in [-0.15, -0.1) is 0 Å². The highest BCUT2D eigenvalue weighted by molar-refractivity contribution is 6.46. The monoisotopic (exact) mass is 307 g/mol. The number of hydrogen-bond donors (Lipinski definition) is 1. The van der Waals surface area contributed by atoms with E-state index in [4.69, 9.17) is 46.4 Å². The summed E-state index contributed by atoms with van der Waals surface area (Å²) in [5, 5.41) is 10.5. The van der Waals surface area contributed by atoms with Crippen molar-refractivity contribution in [1.29, 1.82) is 0 Å². The van der Waals surface area contributed by atoms with Gasteiger partial charge in [0.2, 0.25) is 0 Å². The lowest BCUT2D eigenvalue weighted by atomic mass is 10.1. The van der Waals surface area contributed by atoms with Gasteiger partial charge in [-0.25, -0.2) is 0 Å². The molecule has 2 rings (SSSR count). The fourth-order valence-corrected chi connectivity index (χ4v) is 2.32. The normalized spacial score (nSPS) is 10.6. The Labute approximate surface area is 118 Å². The SMILES string of the molecule is Oc1cnc(-c2c(Cl)ccc(Cl)c2Cl)c(Cl)c1. The largest absolute Gasteiger partial charge is 0.506 e. The van der Waals surface area contributed by atoms with Gasteiger partial charge in [0.25, 0.3) is 0 Å². The van der Waals surface area contributed by atoms with Crippen molar-refractivity contribution in [2.75, 3.05) is 0 Å². The van der Waals surface area contributed by atoms with Gasteiger partial charge >= 0.3 is 0 Å². The highest BCUT2D eigenvalue weighted by Gasteiger charge is 2.16. The summed E-state index contributed by atoms with van der Waals surface area (Å²) in [7, 11) is 0. The quantitative estimate of drug-likeness (QED) is 0.746. The molecule has 0 spiro atoms. The average molecular weight is 309 g/mol. The summed E-state index contributed by atoms with van der Waals surface area (Å²) < 4.78 is 0. The summed E-state index contributed by atoms with van der Waals surface area (Å²) in [6.45, 7) is 0.